The number of carbonyl (C=O) groups is 1. The van der Waals surface area contributed by atoms with E-state index in [4.69, 9.17) is 16.3 Å². The Kier molecular flexibility index (Phi) is 3.69. The summed E-state index contributed by atoms with van der Waals surface area (Å²) in [5.41, 5.74) is 1.01. The van der Waals surface area contributed by atoms with Crippen LogP contribution in [0.1, 0.15) is 25.5 Å². The zero-order valence-electron chi connectivity index (χ0n) is 10.0. The molecule has 2 rings (SSSR count). The lowest BCUT2D eigenvalue weighted by molar-refractivity contribution is -0.132. The Morgan fingerprint density at radius 2 is 1.88 bits per heavy atom. The lowest BCUT2D eigenvalue weighted by atomic mass is 10.1. The van der Waals surface area contributed by atoms with Crippen LogP contribution < -0.4 is 0 Å². The van der Waals surface area contributed by atoms with Crippen LogP contribution in [0.15, 0.2) is 24.3 Å². The maximum Gasteiger partial charge on any atom is 0.254 e. The molecule has 0 aliphatic carbocycles. The fraction of sp³-hybridized carbons (Fsp3) is 0.462. The minimum atomic E-state index is -0.309. The average Bonchev–Trinajstić information content (AvgIpc) is 3.11. The quantitative estimate of drug-likeness (QED) is 0.773. The van der Waals surface area contributed by atoms with Gasteiger partial charge in [0.2, 0.25) is 0 Å². The Bertz CT molecular complexity index is 400. The van der Waals surface area contributed by atoms with Crippen LogP contribution in [-0.4, -0.2) is 30.0 Å². The minimum Gasteiger partial charge on any atom is -0.354 e. The highest BCUT2D eigenvalue weighted by Gasteiger charge is 2.47. The molecule has 0 N–H and O–H groups in total. The second kappa shape index (κ2) is 5.07. The number of rotatable bonds is 4. The number of likely N-dealkylation sites (N-methyl/N-ethyl adjacent to an activating group) is 1. The number of halogens is 1. The lowest BCUT2D eigenvalue weighted by Gasteiger charge is -2.17. The fourth-order valence-electron chi connectivity index (χ4n) is 1.92. The van der Waals surface area contributed by atoms with E-state index in [0.29, 0.717) is 5.02 Å². The third-order valence-corrected chi connectivity index (χ3v) is 3.26. The van der Waals surface area contributed by atoms with Gasteiger partial charge in [0.25, 0.3) is 5.91 Å². The standard InChI is InChI=1S/C13H16ClNO2/c1-3-15(4-2)13(16)12-11(17-12)9-5-7-10(14)8-6-9/h5-8,11-12H,3-4H2,1-2H3/t11-,12+/m0/s1. The predicted molar refractivity (Wildman–Crippen MR) is 67.0 cm³/mol. The molecular weight excluding hydrogens is 238 g/mol. The predicted octanol–water partition coefficient (Wildman–Crippen LogP) is 2.65. The summed E-state index contributed by atoms with van der Waals surface area (Å²) in [5.74, 6) is 0.0787. The number of carbonyl (C=O) groups excluding carboxylic acids is 1. The number of amides is 1. The summed E-state index contributed by atoms with van der Waals surface area (Å²) in [6.07, 6.45) is -0.406. The van der Waals surface area contributed by atoms with Gasteiger partial charge in [0.05, 0.1) is 0 Å². The van der Waals surface area contributed by atoms with E-state index in [1.165, 1.54) is 0 Å². The van der Waals surface area contributed by atoms with Crippen molar-refractivity contribution in [1.82, 2.24) is 4.90 Å². The van der Waals surface area contributed by atoms with Crippen LogP contribution in [0.2, 0.25) is 5.02 Å². The molecule has 1 heterocycles. The highest BCUT2D eigenvalue weighted by Crippen LogP contribution is 2.40. The SMILES string of the molecule is CCN(CC)C(=O)[C@@H]1O[C@H]1c1ccc(Cl)cc1. The summed E-state index contributed by atoms with van der Waals surface area (Å²) in [7, 11) is 0. The van der Waals surface area contributed by atoms with E-state index in [1.54, 1.807) is 4.90 Å². The molecule has 1 aliphatic rings. The van der Waals surface area contributed by atoms with Gasteiger partial charge in [-0.3, -0.25) is 4.79 Å². The van der Waals surface area contributed by atoms with Gasteiger partial charge in [-0.25, -0.2) is 0 Å². The first-order valence-electron chi connectivity index (χ1n) is 5.87. The van der Waals surface area contributed by atoms with E-state index in [0.717, 1.165) is 18.7 Å². The Morgan fingerprint density at radius 1 is 1.29 bits per heavy atom. The van der Waals surface area contributed by atoms with E-state index in [1.807, 2.05) is 38.1 Å². The van der Waals surface area contributed by atoms with Crippen LogP contribution in [-0.2, 0) is 9.53 Å². The molecule has 1 amide bonds. The van der Waals surface area contributed by atoms with Crippen molar-refractivity contribution in [2.75, 3.05) is 13.1 Å². The Labute approximate surface area is 106 Å². The van der Waals surface area contributed by atoms with E-state index < -0.39 is 0 Å². The van der Waals surface area contributed by atoms with E-state index in [2.05, 4.69) is 0 Å². The van der Waals surface area contributed by atoms with Crippen LogP contribution in [0.5, 0.6) is 0 Å². The normalized spacial score (nSPS) is 22.3. The van der Waals surface area contributed by atoms with Gasteiger partial charge in [-0.15, -0.1) is 0 Å². The van der Waals surface area contributed by atoms with Crippen molar-refractivity contribution >= 4 is 17.5 Å². The Balaban J connectivity index is 2.00. The zero-order valence-corrected chi connectivity index (χ0v) is 10.8. The van der Waals surface area contributed by atoms with Gasteiger partial charge in [0.1, 0.15) is 6.10 Å². The first kappa shape index (κ1) is 12.4. The molecule has 0 radical (unpaired) electrons. The monoisotopic (exact) mass is 253 g/mol. The van der Waals surface area contributed by atoms with Crippen molar-refractivity contribution in [3.8, 4) is 0 Å². The van der Waals surface area contributed by atoms with Crippen molar-refractivity contribution < 1.29 is 9.53 Å². The molecule has 0 unspecified atom stereocenters. The zero-order chi connectivity index (χ0) is 12.4. The van der Waals surface area contributed by atoms with Gasteiger partial charge in [-0.05, 0) is 31.5 Å². The molecule has 1 aromatic rings. The van der Waals surface area contributed by atoms with Crippen LogP contribution in [0, 0.1) is 0 Å². The Hall–Kier alpha value is -1.06. The van der Waals surface area contributed by atoms with Gasteiger partial charge < -0.3 is 9.64 Å². The fourth-order valence-corrected chi connectivity index (χ4v) is 2.05. The molecule has 1 aromatic carbocycles. The molecular formula is C13H16ClNO2. The van der Waals surface area contributed by atoms with Gasteiger partial charge in [-0.2, -0.15) is 0 Å². The maximum absolute atomic E-state index is 12.0. The third kappa shape index (κ3) is 2.61. The van der Waals surface area contributed by atoms with Gasteiger partial charge in [0, 0.05) is 18.1 Å². The van der Waals surface area contributed by atoms with Crippen molar-refractivity contribution in [2.24, 2.45) is 0 Å². The molecule has 3 nitrogen and oxygen atoms in total. The van der Waals surface area contributed by atoms with Crippen LogP contribution >= 0.6 is 11.6 Å². The molecule has 1 aliphatic heterocycles. The maximum atomic E-state index is 12.0. The van der Waals surface area contributed by atoms with Crippen molar-refractivity contribution in [3.63, 3.8) is 0 Å². The molecule has 1 saturated heterocycles. The molecule has 0 aromatic heterocycles. The number of hydrogen-bond acceptors (Lipinski definition) is 2. The van der Waals surface area contributed by atoms with Crippen molar-refractivity contribution in [2.45, 2.75) is 26.1 Å². The number of ether oxygens (including phenoxy) is 1. The summed E-state index contributed by atoms with van der Waals surface area (Å²) in [4.78, 5) is 13.8. The highest BCUT2D eigenvalue weighted by molar-refractivity contribution is 6.30. The first-order chi connectivity index (χ1) is 8.17. The molecule has 92 valence electrons. The molecule has 0 bridgehead atoms. The molecule has 17 heavy (non-hydrogen) atoms. The van der Waals surface area contributed by atoms with E-state index in [9.17, 15) is 4.79 Å². The average molecular weight is 254 g/mol. The summed E-state index contributed by atoms with van der Waals surface area (Å²) in [5, 5.41) is 0.695. The summed E-state index contributed by atoms with van der Waals surface area (Å²) >= 11 is 5.82. The van der Waals surface area contributed by atoms with Gasteiger partial charge >= 0.3 is 0 Å². The molecule has 0 spiro atoms. The first-order valence-corrected chi connectivity index (χ1v) is 6.24. The summed E-state index contributed by atoms with van der Waals surface area (Å²) < 4.78 is 5.46. The van der Waals surface area contributed by atoms with Crippen LogP contribution in [0.25, 0.3) is 0 Å². The van der Waals surface area contributed by atoms with Gasteiger partial charge in [0.15, 0.2) is 6.10 Å². The molecule has 4 heteroatoms. The van der Waals surface area contributed by atoms with E-state index >= 15 is 0 Å². The van der Waals surface area contributed by atoms with E-state index in [-0.39, 0.29) is 18.1 Å². The smallest absolute Gasteiger partial charge is 0.254 e. The van der Waals surface area contributed by atoms with Crippen LogP contribution in [0.3, 0.4) is 0 Å². The summed E-state index contributed by atoms with van der Waals surface area (Å²) in [6.45, 7) is 5.40. The largest absolute Gasteiger partial charge is 0.354 e. The van der Waals surface area contributed by atoms with Crippen molar-refractivity contribution in [1.29, 1.82) is 0 Å². The highest BCUT2D eigenvalue weighted by atomic mass is 35.5. The number of nitrogens with zero attached hydrogens (tertiary/aromatic N) is 1. The molecule has 0 saturated carbocycles. The lowest BCUT2D eigenvalue weighted by Crippen LogP contribution is -2.34. The second-order valence-electron chi connectivity index (χ2n) is 4.04. The number of benzene rings is 1. The third-order valence-electron chi connectivity index (χ3n) is 3.01. The minimum absolute atomic E-state index is 0.0787. The van der Waals surface area contributed by atoms with Crippen molar-refractivity contribution in [3.05, 3.63) is 34.9 Å². The second-order valence-corrected chi connectivity index (χ2v) is 4.48. The summed E-state index contributed by atoms with van der Waals surface area (Å²) in [6, 6.07) is 7.44. The number of epoxide rings is 1. The number of hydrogen-bond donors (Lipinski definition) is 0. The molecule has 2 atom stereocenters. The Morgan fingerprint density at radius 3 is 2.41 bits per heavy atom. The molecule has 1 fully saturated rings. The van der Waals surface area contributed by atoms with Gasteiger partial charge in [-0.1, -0.05) is 23.7 Å². The topological polar surface area (TPSA) is 32.8 Å². The van der Waals surface area contributed by atoms with Crippen LogP contribution in [0.4, 0.5) is 0 Å².